The van der Waals surface area contributed by atoms with Crippen molar-refractivity contribution in [3.63, 3.8) is 0 Å². The van der Waals surface area contributed by atoms with Crippen LogP contribution >= 0.6 is 12.2 Å². The van der Waals surface area contributed by atoms with Crippen molar-refractivity contribution in [2.24, 2.45) is 0 Å². The molecule has 1 rings (SSSR count). The lowest BCUT2D eigenvalue weighted by atomic mass is 10.7. The lowest BCUT2D eigenvalue weighted by molar-refractivity contribution is -0.0733. The number of thiocarbonyl (C=S) groups is 1. The zero-order chi connectivity index (χ0) is 8.27. The Balaban J connectivity index is 2.15. The van der Waals surface area contributed by atoms with Crippen LogP contribution in [0.2, 0.25) is 0 Å². The predicted octanol–water partition coefficient (Wildman–Crippen LogP) is 0.907. The zero-order valence-corrected chi connectivity index (χ0v) is 7.78. The standard InChI is InChI=1S/C7H14N2OS/c1-3-10-9(2)7(11)8-6-4-5-6/h6H,3-5H2,1-2H3,(H,8,11). The van der Waals surface area contributed by atoms with Gasteiger partial charge >= 0.3 is 0 Å². The summed E-state index contributed by atoms with van der Waals surface area (Å²) < 4.78 is 0. The summed E-state index contributed by atoms with van der Waals surface area (Å²) >= 11 is 5.05. The minimum Gasteiger partial charge on any atom is -0.358 e. The Kier molecular flexibility index (Phi) is 3.08. The maximum atomic E-state index is 5.16. The van der Waals surface area contributed by atoms with Crippen molar-refractivity contribution in [1.82, 2.24) is 10.4 Å². The summed E-state index contributed by atoms with van der Waals surface area (Å²) in [4.78, 5) is 5.16. The van der Waals surface area contributed by atoms with Crippen LogP contribution in [0.25, 0.3) is 0 Å². The van der Waals surface area contributed by atoms with Gasteiger partial charge in [-0.15, -0.1) is 0 Å². The fraction of sp³-hybridized carbons (Fsp3) is 0.857. The van der Waals surface area contributed by atoms with E-state index in [1.807, 2.05) is 14.0 Å². The molecule has 1 saturated carbocycles. The molecule has 0 radical (unpaired) electrons. The minimum absolute atomic E-state index is 0.602. The fourth-order valence-electron chi connectivity index (χ4n) is 0.745. The van der Waals surface area contributed by atoms with Gasteiger partial charge in [-0.05, 0) is 32.0 Å². The summed E-state index contributed by atoms with van der Waals surface area (Å²) in [6.45, 7) is 2.60. The van der Waals surface area contributed by atoms with Crippen molar-refractivity contribution >= 4 is 17.3 Å². The lowest BCUT2D eigenvalue weighted by Gasteiger charge is -2.18. The summed E-state index contributed by atoms with van der Waals surface area (Å²) in [5.74, 6) is 0. The molecular formula is C7H14N2OS. The van der Waals surface area contributed by atoms with Gasteiger partial charge in [0.1, 0.15) is 0 Å². The van der Waals surface area contributed by atoms with Crippen LogP contribution in [-0.4, -0.2) is 29.9 Å². The van der Waals surface area contributed by atoms with Gasteiger partial charge in [0.15, 0.2) is 5.11 Å². The van der Waals surface area contributed by atoms with E-state index < -0.39 is 0 Å². The molecule has 0 aromatic carbocycles. The molecule has 11 heavy (non-hydrogen) atoms. The van der Waals surface area contributed by atoms with Crippen LogP contribution in [0.1, 0.15) is 19.8 Å². The van der Waals surface area contributed by atoms with Crippen LogP contribution in [0, 0.1) is 0 Å². The second-order valence-corrected chi connectivity index (χ2v) is 3.03. The Morgan fingerprint density at radius 3 is 2.82 bits per heavy atom. The van der Waals surface area contributed by atoms with Crippen molar-refractivity contribution in [2.45, 2.75) is 25.8 Å². The highest BCUT2D eigenvalue weighted by atomic mass is 32.1. The summed E-state index contributed by atoms with van der Waals surface area (Å²) in [7, 11) is 1.82. The van der Waals surface area contributed by atoms with Gasteiger partial charge in [-0.3, -0.25) is 4.84 Å². The van der Waals surface area contributed by atoms with E-state index in [1.165, 1.54) is 12.8 Å². The molecule has 1 aliphatic rings. The molecule has 3 nitrogen and oxygen atoms in total. The van der Waals surface area contributed by atoms with Crippen LogP contribution in [0.15, 0.2) is 0 Å². The quantitative estimate of drug-likeness (QED) is 0.507. The molecule has 1 aliphatic carbocycles. The maximum absolute atomic E-state index is 5.16. The van der Waals surface area contributed by atoms with Crippen molar-refractivity contribution in [3.05, 3.63) is 0 Å². The van der Waals surface area contributed by atoms with Gasteiger partial charge < -0.3 is 5.32 Å². The Labute approximate surface area is 72.7 Å². The predicted molar refractivity (Wildman–Crippen MR) is 48.1 cm³/mol. The highest BCUT2D eigenvalue weighted by Crippen LogP contribution is 2.18. The third-order valence-corrected chi connectivity index (χ3v) is 1.89. The first-order valence-electron chi connectivity index (χ1n) is 3.91. The van der Waals surface area contributed by atoms with Gasteiger partial charge in [0.2, 0.25) is 0 Å². The molecule has 0 aliphatic heterocycles. The van der Waals surface area contributed by atoms with Gasteiger partial charge in [-0.25, -0.2) is 5.06 Å². The summed E-state index contributed by atoms with van der Waals surface area (Å²) in [5, 5.41) is 5.46. The SMILES string of the molecule is CCON(C)C(=S)NC1CC1. The van der Waals surface area contributed by atoms with Crippen molar-refractivity contribution < 1.29 is 4.84 Å². The Bertz CT molecular complexity index is 147. The monoisotopic (exact) mass is 174 g/mol. The van der Waals surface area contributed by atoms with E-state index in [1.54, 1.807) is 5.06 Å². The van der Waals surface area contributed by atoms with Crippen molar-refractivity contribution in [3.8, 4) is 0 Å². The molecule has 1 N–H and O–H groups in total. The Hall–Kier alpha value is -0.350. The molecule has 1 fully saturated rings. The molecule has 0 spiro atoms. The Morgan fingerprint density at radius 2 is 2.36 bits per heavy atom. The molecule has 0 atom stereocenters. The number of hydrogen-bond acceptors (Lipinski definition) is 2. The molecule has 0 aromatic rings. The Morgan fingerprint density at radius 1 is 1.73 bits per heavy atom. The summed E-state index contributed by atoms with van der Waals surface area (Å²) in [5.41, 5.74) is 0. The number of rotatable bonds is 3. The van der Waals surface area contributed by atoms with E-state index in [2.05, 4.69) is 5.32 Å². The second kappa shape index (κ2) is 3.88. The first-order chi connectivity index (χ1) is 5.24. The topological polar surface area (TPSA) is 24.5 Å². The van der Waals surface area contributed by atoms with Gasteiger partial charge in [-0.2, -0.15) is 0 Å². The first-order valence-corrected chi connectivity index (χ1v) is 4.32. The highest BCUT2D eigenvalue weighted by molar-refractivity contribution is 7.80. The van der Waals surface area contributed by atoms with E-state index in [0.29, 0.717) is 17.8 Å². The number of nitrogens with one attached hydrogen (secondary N) is 1. The molecule has 0 aromatic heterocycles. The summed E-state index contributed by atoms with van der Waals surface area (Å²) in [6, 6.07) is 0.602. The van der Waals surface area contributed by atoms with E-state index >= 15 is 0 Å². The molecule has 0 heterocycles. The average molecular weight is 174 g/mol. The summed E-state index contributed by atoms with van der Waals surface area (Å²) in [6.07, 6.45) is 2.47. The molecule has 64 valence electrons. The molecule has 0 amide bonds. The third kappa shape index (κ3) is 3.03. The van der Waals surface area contributed by atoms with Crippen LogP contribution in [0.5, 0.6) is 0 Å². The first kappa shape index (κ1) is 8.74. The van der Waals surface area contributed by atoms with Crippen LogP contribution in [0.4, 0.5) is 0 Å². The van der Waals surface area contributed by atoms with E-state index in [4.69, 9.17) is 17.1 Å². The normalized spacial score (nSPS) is 16.2. The van der Waals surface area contributed by atoms with Gasteiger partial charge in [0, 0.05) is 13.1 Å². The minimum atomic E-state index is 0.602. The van der Waals surface area contributed by atoms with Crippen LogP contribution in [-0.2, 0) is 4.84 Å². The highest BCUT2D eigenvalue weighted by Gasteiger charge is 2.22. The largest absolute Gasteiger partial charge is 0.358 e. The smallest absolute Gasteiger partial charge is 0.193 e. The maximum Gasteiger partial charge on any atom is 0.193 e. The average Bonchev–Trinajstić information content (AvgIpc) is 2.72. The number of hydroxylamine groups is 2. The van der Waals surface area contributed by atoms with Gasteiger partial charge in [0.25, 0.3) is 0 Å². The third-order valence-electron chi connectivity index (χ3n) is 1.51. The van der Waals surface area contributed by atoms with E-state index in [0.717, 1.165) is 0 Å². The molecule has 4 heteroatoms. The van der Waals surface area contributed by atoms with E-state index in [-0.39, 0.29) is 0 Å². The van der Waals surface area contributed by atoms with Gasteiger partial charge in [0.05, 0.1) is 6.61 Å². The van der Waals surface area contributed by atoms with E-state index in [9.17, 15) is 0 Å². The molecular weight excluding hydrogens is 160 g/mol. The number of hydrogen-bond donors (Lipinski definition) is 1. The zero-order valence-electron chi connectivity index (χ0n) is 6.96. The molecule has 0 unspecified atom stereocenters. The second-order valence-electron chi connectivity index (χ2n) is 2.64. The number of nitrogens with zero attached hydrogens (tertiary/aromatic N) is 1. The van der Waals surface area contributed by atoms with Crippen molar-refractivity contribution in [1.29, 1.82) is 0 Å². The lowest BCUT2D eigenvalue weighted by Crippen LogP contribution is -2.38. The van der Waals surface area contributed by atoms with Crippen LogP contribution < -0.4 is 5.32 Å². The van der Waals surface area contributed by atoms with Crippen LogP contribution in [0.3, 0.4) is 0 Å². The molecule has 0 saturated heterocycles. The van der Waals surface area contributed by atoms with Gasteiger partial charge in [-0.1, -0.05) is 0 Å². The fourth-order valence-corrected chi connectivity index (χ4v) is 0.965. The van der Waals surface area contributed by atoms with Crippen molar-refractivity contribution in [2.75, 3.05) is 13.7 Å². The molecule has 0 bridgehead atoms.